The van der Waals surface area contributed by atoms with Crippen molar-refractivity contribution in [3.8, 4) is 0 Å². The van der Waals surface area contributed by atoms with Crippen LogP contribution < -0.4 is 10.2 Å². The Morgan fingerprint density at radius 1 is 1.26 bits per heavy atom. The molecule has 0 unspecified atom stereocenters. The van der Waals surface area contributed by atoms with Crippen molar-refractivity contribution >= 4 is 5.95 Å². The summed E-state index contributed by atoms with van der Waals surface area (Å²) in [4.78, 5) is 11.8. The Labute approximate surface area is 160 Å². The number of nitrogens with zero attached hydrogens (tertiary/aromatic N) is 5. The molecule has 7 heteroatoms. The highest BCUT2D eigenvalue weighted by atomic mass is 16.3. The lowest BCUT2D eigenvalue weighted by Crippen LogP contribution is -2.38. The number of fused-ring (bicyclic) bond motifs is 1. The molecular formula is C20H30N6O. The Balaban J connectivity index is 1.53. The molecule has 27 heavy (non-hydrogen) atoms. The van der Waals surface area contributed by atoms with Gasteiger partial charge in [-0.05, 0) is 31.1 Å². The Morgan fingerprint density at radius 3 is 2.74 bits per heavy atom. The SMILES string of the molecule is Cn1cc(CN[C@@H]2CC(C)(C)Cc3nc(N4CCC(O)CC4)ncc32)cn1. The van der Waals surface area contributed by atoms with Crippen molar-refractivity contribution in [1.82, 2.24) is 25.1 Å². The van der Waals surface area contributed by atoms with Gasteiger partial charge in [-0.15, -0.1) is 0 Å². The van der Waals surface area contributed by atoms with E-state index < -0.39 is 0 Å². The number of piperidine rings is 1. The van der Waals surface area contributed by atoms with Crippen LogP contribution in [0.25, 0.3) is 0 Å². The van der Waals surface area contributed by atoms with Gasteiger partial charge in [0, 0.05) is 56.2 Å². The van der Waals surface area contributed by atoms with E-state index in [2.05, 4.69) is 34.1 Å². The first kappa shape index (κ1) is 18.4. The van der Waals surface area contributed by atoms with Gasteiger partial charge in [0.25, 0.3) is 0 Å². The highest BCUT2D eigenvalue weighted by molar-refractivity contribution is 5.37. The molecule has 2 N–H and O–H groups in total. The number of hydrogen-bond donors (Lipinski definition) is 2. The number of aliphatic hydroxyl groups is 1. The largest absolute Gasteiger partial charge is 0.393 e. The van der Waals surface area contributed by atoms with Crippen molar-refractivity contribution in [2.75, 3.05) is 18.0 Å². The molecule has 1 aliphatic heterocycles. The number of rotatable bonds is 4. The Bertz CT molecular complexity index is 794. The molecule has 4 rings (SSSR count). The van der Waals surface area contributed by atoms with Crippen LogP contribution in [0, 0.1) is 5.41 Å². The van der Waals surface area contributed by atoms with E-state index in [0.29, 0.717) is 0 Å². The number of aromatic nitrogens is 4. The molecule has 2 aromatic rings. The Hall–Kier alpha value is -1.99. The monoisotopic (exact) mass is 370 g/mol. The quantitative estimate of drug-likeness (QED) is 0.857. The summed E-state index contributed by atoms with van der Waals surface area (Å²) in [5, 5.41) is 17.7. The molecule has 0 spiro atoms. The first-order valence-electron chi connectivity index (χ1n) is 9.89. The molecule has 0 radical (unpaired) electrons. The van der Waals surface area contributed by atoms with Crippen LogP contribution >= 0.6 is 0 Å². The van der Waals surface area contributed by atoms with E-state index in [9.17, 15) is 5.11 Å². The zero-order valence-corrected chi connectivity index (χ0v) is 16.5. The van der Waals surface area contributed by atoms with E-state index in [1.54, 1.807) is 0 Å². The maximum Gasteiger partial charge on any atom is 0.225 e. The molecule has 1 atom stereocenters. The minimum absolute atomic E-state index is 0.182. The first-order valence-corrected chi connectivity index (χ1v) is 9.89. The second-order valence-corrected chi connectivity index (χ2v) is 8.79. The van der Waals surface area contributed by atoms with Crippen LogP contribution in [-0.2, 0) is 20.0 Å². The molecule has 0 saturated carbocycles. The molecule has 1 fully saturated rings. The van der Waals surface area contributed by atoms with Gasteiger partial charge in [0.05, 0.1) is 18.0 Å². The molecule has 1 aliphatic carbocycles. The molecule has 0 bridgehead atoms. The fourth-order valence-electron chi connectivity index (χ4n) is 4.24. The summed E-state index contributed by atoms with van der Waals surface area (Å²) in [6.45, 7) is 7.07. The summed E-state index contributed by atoms with van der Waals surface area (Å²) in [5.74, 6) is 0.810. The van der Waals surface area contributed by atoms with Crippen LogP contribution in [0.3, 0.4) is 0 Å². The Kier molecular flexibility index (Phi) is 4.90. The lowest BCUT2D eigenvalue weighted by molar-refractivity contribution is 0.145. The normalized spacial score (nSPS) is 22.7. The molecule has 2 aromatic heterocycles. The fourth-order valence-corrected chi connectivity index (χ4v) is 4.24. The number of hydrogen-bond acceptors (Lipinski definition) is 6. The number of aliphatic hydroxyl groups excluding tert-OH is 1. The minimum atomic E-state index is -0.182. The predicted molar refractivity (Wildman–Crippen MR) is 104 cm³/mol. The van der Waals surface area contributed by atoms with E-state index in [4.69, 9.17) is 4.98 Å². The summed E-state index contributed by atoms with van der Waals surface area (Å²) in [6, 6.07) is 0.251. The highest BCUT2D eigenvalue weighted by Crippen LogP contribution is 2.40. The van der Waals surface area contributed by atoms with E-state index in [-0.39, 0.29) is 17.6 Å². The van der Waals surface area contributed by atoms with Crippen LogP contribution in [0.5, 0.6) is 0 Å². The molecule has 0 aromatic carbocycles. The van der Waals surface area contributed by atoms with Gasteiger partial charge in [-0.2, -0.15) is 5.10 Å². The van der Waals surface area contributed by atoms with Gasteiger partial charge in [-0.25, -0.2) is 9.97 Å². The van der Waals surface area contributed by atoms with Crippen molar-refractivity contribution in [2.45, 2.75) is 58.2 Å². The summed E-state index contributed by atoms with van der Waals surface area (Å²) < 4.78 is 1.83. The van der Waals surface area contributed by atoms with Crippen molar-refractivity contribution in [2.24, 2.45) is 12.5 Å². The third-order valence-corrected chi connectivity index (χ3v) is 5.72. The molecule has 2 aliphatic rings. The van der Waals surface area contributed by atoms with Gasteiger partial charge in [-0.1, -0.05) is 13.8 Å². The van der Waals surface area contributed by atoms with Crippen LogP contribution in [0.2, 0.25) is 0 Å². The third-order valence-electron chi connectivity index (χ3n) is 5.72. The fraction of sp³-hybridized carbons (Fsp3) is 0.650. The molecule has 1 saturated heterocycles. The van der Waals surface area contributed by atoms with Crippen LogP contribution in [0.4, 0.5) is 5.95 Å². The van der Waals surface area contributed by atoms with Crippen molar-refractivity contribution < 1.29 is 5.11 Å². The van der Waals surface area contributed by atoms with Crippen LogP contribution in [-0.4, -0.2) is 44.0 Å². The average molecular weight is 371 g/mol. The first-order chi connectivity index (χ1) is 12.9. The molecule has 0 amide bonds. The molecule has 146 valence electrons. The summed E-state index contributed by atoms with van der Waals surface area (Å²) in [5.41, 5.74) is 3.76. The zero-order chi connectivity index (χ0) is 19.0. The van der Waals surface area contributed by atoms with Crippen molar-refractivity contribution in [3.63, 3.8) is 0 Å². The molecular weight excluding hydrogens is 340 g/mol. The van der Waals surface area contributed by atoms with Gasteiger partial charge in [-0.3, -0.25) is 4.68 Å². The lowest BCUT2D eigenvalue weighted by Gasteiger charge is -2.37. The van der Waals surface area contributed by atoms with E-state index in [0.717, 1.165) is 57.0 Å². The van der Waals surface area contributed by atoms with Gasteiger partial charge in [0.15, 0.2) is 0 Å². The van der Waals surface area contributed by atoms with Crippen molar-refractivity contribution in [3.05, 3.63) is 35.4 Å². The third kappa shape index (κ3) is 4.14. The van der Waals surface area contributed by atoms with E-state index in [1.165, 1.54) is 11.1 Å². The molecule has 7 nitrogen and oxygen atoms in total. The maximum atomic E-state index is 9.74. The topological polar surface area (TPSA) is 79.1 Å². The number of aryl methyl sites for hydroxylation is 1. The van der Waals surface area contributed by atoms with Crippen LogP contribution in [0.1, 0.15) is 56.0 Å². The average Bonchev–Trinajstić information content (AvgIpc) is 3.04. The van der Waals surface area contributed by atoms with Crippen molar-refractivity contribution in [1.29, 1.82) is 0 Å². The second-order valence-electron chi connectivity index (χ2n) is 8.79. The van der Waals surface area contributed by atoms with E-state index in [1.807, 2.05) is 30.3 Å². The summed E-state index contributed by atoms with van der Waals surface area (Å²) in [7, 11) is 1.94. The van der Waals surface area contributed by atoms with Gasteiger partial charge in [0.1, 0.15) is 0 Å². The smallest absolute Gasteiger partial charge is 0.225 e. The minimum Gasteiger partial charge on any atom is -0.393 e. The Morgan fingerprint density at radius 2 is 2.04 bits per heavy atom. The number of anilines is 1. The maximum absolute atomic E-state index is 9.74. The summed E-state index contributed by atoms with van der Waals surface area (Å²) in [6.07, 6.45) is 9.41. The lowest BCUT2D eigenvalue weighted by atomic mass is 9.74. The predicted octanol–water partition coefficient (Wildman–Crippen LogP) is 1.97. The van der Waals surface area contributed by atoms with Crippen LogP contribution in [0.15, 0.2) is 18.6 Å². The molecule has 3 heterocycles. The highest BCUT2D eigenvalue weighted by Gasteiger charge is 2.34. The van der Waals surface area contributed by atoms with E-state index >= 15 is 0 Å². The van der Waals surface area contributed by atoms with Gasteiger partial charge < -0.3 is 15.3 Å². The summed E-state index contributed by atoms with van der Waals surface area (Å²) >= 11 is 0. The van der Waals surface area contributed by atoms with Gasteiger partial charge >= 0.3 is 0 Å². The standard InChI is InChI=1S/C20H30N6O/c1-20(2)8-17(21-10-14-11-23-25(3)13-14)16-12-22-19(24-18(16)9-20)26-6-4-15(27)5-7-26/h11-13,15,17,21,27H,4-10H2,1-3H3/t17-/m1/s1. The van der Waals surface area contributed by atoms with Gasteiger partial charge in [0.2, 0.25) is 5.95 Å². The zero-order valence-electron chi connectivity index (χ0n) is 16.5. The second kappa shape index (κ2) is 7.20. The number of nitrogens with one attached hydrogen (secondary N) is 1.